The van der Waals surface area contributed by atoms with Gasteiger partial charge in [0.05, 0.1) is 45.1 Å². The number of anilines is 3. The van der Waals surface area contributed by atoms with Gasteiger partial charge in [-0.15, -0.1) is 0 Å². The van der Waals surface area contributed by atoms with Crippen LogP contribution < -0.4 is 21.3 Å². The molecule has 12 aromatic rings. The van der Waals surface area contributed by atoms with Gasteiger partial charge in [-0.25, -0.2) is 0 Å². The van der Waals surface area contributed by atoms with E-state index >= 15 is 0 Å². The fourth-order valence-corrected chi connectivity index (χ4v) is 12.4. The predicted molar refractivity (Wildman–Crippen MR) is 281 cm³/mol. The third-order valence-corrected chi connectivity index (χ3v) is 15.2. The van der Waals surface area contributed by atoms with Gasteiger partial charge in [0.25, 0.3) is 0 Å². The lowest BCUT2D eigenvalue weighted by Gasteiger charge is -2.41. The van der Waals surface area contributed by atoms with Crippen LogP contribution >= 0.6 is 11.8 Å². The van der Waals surface area contributed by atoms with Crippen molar-refractivity contribution in [1.82, 2.24) is 9.13 Å². The summed E-state index contributed by atoms with van der Waals surface area (Å²) in [4.78, 5) is 5.03. The van der Waals surface area contributed by atoms with E-state index in [-0.39, 0.29) is 6.71 Å². The van der Waals surface area contributed by atoms with E-state index in [2.05, 4.69) is 238 Å². The zero-order chi connectivity index (χ0) is 44.2. The Balaban J connectivity index is 1.02. The third-order valence-electron chi connectivity index (χ3n) is 14.0. The number of hydrogen-bond acceptors (Lipinski definition) is 3. The molecule has 0 atom stereocenters. The number of nitrogens with zero attached hydrogens (tertiary/aromatic N) is 4. The molecule has 2 aromatic heterocycles. The normalized spacial score (nSPS) is 12.6. The number of fused-ring (bicyclic) bond motifs is 10. The Kier molecular flexibility index (Phi) is 8.34. The van der Waals surface area contributed by atoms with Crippen LogP contribution in [0.25, 0.3) is 77.2 Å². The Morgan fingerprint density at radius 3 is 1.67 bits per heavy atom. The first-order valence-corrected chi connectivity index (χ1v) is 23.6. The van der Waals surface area contributed by atoms with Gasteiger partial charge in [0.15, 0.2) is 0 Å². The molecule has 0 amide bonds. The summed E-state index contributed by atoms with van der Waals surface area (Å²) in [5, 5.41) is 15.3. The number of para-hydroxylation sites is 5. The number of hydrogen-bond donors (Lipinski definition) is 0. The molecule has 0 saturated heterocycles. The second-order valence-electron chi connectivity index (χ2n) is 17.5. The van der Waals surface area contributed by atoms with Crippen molar-refractivity contribution in [2.24, 2.45) is 0 Å². The maximum atomic E-state index is 10.4. The molecule has 310 valence electrons. The van der Waals surface area contributed by atoms with Crippen molar-refractivity contribution in [2.75, 3.05) is 4.90 Å². The van der Waals surface area contributed by atoms with E-state index in [1.807, 2.05) is 17.8 Å². The van der Waals surface area contributed by atoms with Crippen molar-refractivity contribution in [2.45, 2.75) is 9.79 Å². The molecular formula is C61H37BN4S. The second kappa shape index (κ2) is 14.8. The topological polar surface area (TPSA) is 36.9 Å². The average Bonchev–Trinajstić information content (AvgIpc) is 3.91. The van der Waals surface area contributed by atoms with Gasteiger partial charge in [0, 0.05) is 59.5 Å². The number of benzene rings is 10. The molecular weight excluding hydrogens is 832 g/mol. The molecule has 0 unspecified atom stereocenters. The molecule has 0 spiro atoms. The molecule has 0 aliphatic carbocycles. The Hall–Kier alpha value is -8.50. The quantitative estimate of drug-likeness (QED) is 0.162. The highest BCUT2D eigenvalue weighted by Gasteiger charge is 2.41. The first kappa shape index (κ1) is 37.8. The van der Waals surface area contributed by atoms with E-state index in [1.54, 1.807) is 0 Å². The Bertz CT molecular complexity index is 3960. The zero-order valence-electron chi connectivity index (χ0n) is 36.1. The van der Waals surface area contributed by atoms with Gasteiger partial charge in [-0.3, -0.25) is 0 Å². The molecule has 4 heterocycles. The molecule has 0 N–H and O–H groups in total. The molecule has 2 aliphatic rings. The minimum atomic E-state index is -0.0129. The number of nitriles is 1. The van der Waals surface area contributed by atoms with Crippen LogP contribution in [-0.2, 0) is 0 Å². The van der Waals surface area contributed by atoms with Crippen molar-refractivity contribution in [3.8, 4) is 39.7 Å². The summed E-state index contributed by atoms with van der Waals surface area (Å²) in [6, 6.07) is 83.9. The molecule has 0 radical (unpaired) electrons. The predicted octanol–water partition coefficient (Wildman–Crippen LogP) is 13.9. The first-order valence-electron chi connectivity index (χ1n) is 22.8. The maximum absolute atomic E-state index is 10.4. The van der Waals surface area contributed by atoms with Gasteiger partial charge in [-0.2, -0.15) is 5.26 Å². The lowest BCUT2D eigenvalue weighted by Crippen LogP contribution is -2.59. The molecule has 6 heteroatoms. The van der Waals surface area contributed by atoms with Crippen LogP contribution in [0.3, 0.4) is 0 Å². The maximum Gasteiger partial charge on any atom is 0.249 e. The van der Waals surface area contributed by atoms with Crippen LogP contribution in [-0.4, -0.2) is 15.8 Å². The average molecular weight is 869 g/mol. The van der Waals surface area contributed by atoms with E-state index in [4.69, 9.17) is 0 Å². The van der Waals surface area contributed by atoms with Gasteiger partial charge >= 0.3 is 0 Å². The summed E-state index contributed by atoms with van der Waals surface area (Å²) in [6.07, 6.45) is 0. The summed E-state index contributed by atoms with van der Waals surface area (Å²) >= 11 is 1.88. The molecule has 0 bridgehead atoms. The summed E-state index contributed by atoms with van der Waals surface area (Å²) in [5.74, 6) is 0. The molecule has 10 aromatic carbocycles. The fraction of sp³-hybridized carbons (Fsp3) is 0. The van der Waals surface area contributed by atoms with Gasteiger partial charge in [0.2, 0.25) is 6.71 Å². The second-order valence-corrected chi connectivity index (χ2v) is 18.6. The van der Waals surface area contributed by atoms with Gasteiger partial charge in [0.1, 0.15) is 0 Å². The zero-order valence-corrected chi connectivity index (χ0v) is 37.0. The minimum Gasteiger partial charge on any atom is -0.311 e. The molecule has 2 aliphatic heterocycles. The highest BCUT2D eigenvalue weighted by Crippen LogP contribution is 2.47. The van der Waals surface area contributed by atoms with Crippen LogP contribution in [0.5, 0.6) is 0 Å². The first-order chi connectivity index (χ1) is 33.2. The third kappa shape index (κ3) is 5.62. The molecule has 0 fully saturated rings. The lowest BCUT2D eigenvalue weighted by molar-refractivity contribution is 1.16. The Labute approximate surface area is 392 Å². The van der Waals surface area contributed by atoms with Gasteiger partial charge in [-0.1, -0.05) is 163 Å². The smallest absolute Gasteiger partial charge is 0.249 e. The largest absolute Gasteiger partial charge is 0.311 e. The van der Waals surface area contributed by atoms with Crippen molar-refractivity contribution in [3.63, 3.8) is 0 Å². The van der Waals surface area contributed by atoms with Crippen LogP contribution in [0.1, 0.15) is 5.56 Å². The van der Waals surface area contributed by atoms with Crippen LogP contribution in [0.2, 0.25) is 0 Å². The Morgan fingerprint density at radius 1 is 0.388 bits per heavy atom. The van der Waals surface area contributed by atoms with Crippen molar-refractivity contribution >= 4 is 95.5 Å². The van der Waals surface area contributed by atoms with Gasteiger partial charge in [-0.05, 0) is 101 Å². The van der Waals surface area contributed by atoms with Crippen LogP contribution in [0, 0.1) is 11.3 Å². The summed E-state index contributed by atoms with van der Waals surface area (Å²) in [5.41, 5.74) is 19.1. The minimum absolute atomic E-state index is 0.0129. The molecule has 4 nitrogen and oxygen atoms in total. The van der Waals surface area contributed by atoms with E-state index in [0.717, 1.165) is 56.0 Å². The number of rotatable bonds is 5. The summed E-state index contributed by atoms with van der Waals surface area (Å²) in [6.45, 7) is -0.0129. The Morgan fingerprint density at radius 2 is 0.985 bits per heavy atom. The monoisotopic (exact) mass is 868 g/mol. The van der Waals surface area contributed by atoms with E-state index in [9.17, 15) is 5.26 Å². The fourth-order valence-electron chi connectivity index (χ4n) is 11.2. The standard InChI is InChI=1S/C61H37BN4S/c63-38-39-29-34-56(65-54-25-12-7-20-46(54)47-21-8-13-26-55(47)65)48(35-39)41-30-32-49-58(36-41)66(51-22-9-4-17-43(51)40-15-2-1-3-16-40)57-27-14-28-59-61(57)62(49)50-33-31-42(37-60(50)67-59)64-52-23-10-5-18-44(52)45-19-6-11-24-53(45)64/h1-37H. The molecule has 14 rings (SSSR count). The van der Waals surface area contributed by atoms with E-state index < -0.39 is 0 Å². The lowest BCUT2D eigenvalue weighted by atomic mass is 9.35. The van der Waals surface area contributed by atoms with Crippen LogP contribution in [0.4, 0.5) is 17.1 Å². The van der Waals surface area contributed by atoms with E-state index in [0.29, 0.717) is 5.56 Å². The highest BCUT2D eigenvalue weighted by molar-refractivity contribution is 8.00. The van der Waals surface area contributed by atoms with Crippen LogP contribution in [0.15, 0.2) is 234 Å². The van der Waals surface area contributed by atoms with Crippen molar-refractivity contribution < 1.29 is 0 Å². The van der Waals surface area contributed by atoms with Crippen molar-refractivity contribution in [3.05, 3.63) is 230 Å². The van der Waals surface area contributed by atoms with Gasteiger partial charge < -0.3 is 14.0 Å². The van der Waals surface area contributed by atoms with Crippen molar-refractivity contribution in [1.29, 1.82) is 5.26 Å². The number of aromatic nitrogens is 2. The molecule has 67 heavy (non-hydrogen) atoms. The highest BCUT2D eigenvalue weighted by atomic mass is 32.2. The molecule has 0 saturated carbocycles. The van der Waals surface area contributed by atoms with E-state index in [1.165, 1.54) is 64.4 Å². The summed E-state index contributed by atoms with van der Waals surface area (Å²) in [7, 11) is 0. The SMILES string of the molecule is N#Cc1ccc(-n2c3ccccc3c3ccccc32)c(-c2ccc3c(c2)N(c2ccccc2-c2ccccc2)c2cccc4c2B3c2ccc(-n3c5ccccc5c5ccccc53)cc2S4)c1. The summed E-state index contributed by atoms with van der Waals surface area (Å²) < 4.78 is 4.79.